The Hall–Kier alpha value is -1.32. The van der Waals surface area contributed by atoms with Crippen molar-refractivity contribution in [1.29, 1.82) is 0 Å². The van der Waals surface area contributed by atoms with Gasteiger partial charge in [0, 0.05) is 23.8 Å². The number of ether oxygens (including phenoxy) is 1. The summed E-state index contributed by atoms with van der Waals surface area (Å²) in [7, 11) is 1.74. The van der Waals surface area contributed by atoms with Gasteiger partial charge in [-0.25, -0.2) is 0 Å². The molecule has 5 rings (SSSR count). The number of piperidine rings is 1. The van der Waals surface area contributed by atoms with Crippen LogP contribution in [0.4, 0.5) is 0 Å². The van der Waals surface area contributed by atoms with Crippen LogP contribution in [0.5, 0.6) is 5.75 Å². The molecule has 3 heteroatoms. The molecule has 3 heterocycles. The van der Waals surface area contributed by atoms with E-state index in [0.717, 1.165) is 24.0 Å². The molecule has 122 valence electrons. The van der Waals surface area contributed by atoms with E-state index in [1.54, 1.807) is 7.11 Å². The minimum absolute atomic E-state index is 0.671. The van der Waals surface area contributed by atoms with E-state index in [1.807, 2.05) is 11.3 Å². The molecule has 23 heavy (non-hydrogen) atoms. The molecule has 2 nitrogen and oxygen atoms in total. The van der Waals surface area contributed by atoms with Crippen LogP contribution < -0.4 is 4.74 Å². The van der Waals surface area contributed by atoms with E-state index >= 15 is 0 Å². The Morgan fingerprint density at radius 1 is 1.30 bits per heavy atom. The van der Waals surface area contributed by atoms with Gasteiger partial charge in [-0.3, -0.25) is 4.90 Å². The summed E-state index contributed by atoms with van der Waals surface area (Å²) in [4.78, 5) is 2.71. The molecule has 1 saturated heterocycles. The molecule has 3 atom stereocenters. The largest absolute Gasteiger partial charge is 0.497 e. The molecular weight excluding hydrogens is 302 g/mol. The monoisotopic (exact) mass is 327 g/mol. The summed E-state index contributed by atoms with van der Waals surface area (Å²) >= 11 is 1.85. The third kappa shape index (κ3) is 2.81. The smallest absolute Gasteiger partial charge is 0.119 e. The van der Waals surface area contributed by atoms with Crippen LogP contribution in [0.1, 0.15) is 25.3 Å². The number of hydrogen-bond donors (Lipinski definition) is 0. The quantitative estimate of drug-likeness (QED) is 0.736. The molecule has 3 aliphatic rings. The van der Waals surface area contributed by atoms with E-state index in [4.69, 9.17) is 4.74 Å². The normalized spacial score (nSPS) is 27.0. The number of methoxy groups -OCH3 is 1. The van der Waals surface area contributed by atoms with Crippen LogP contribution in [0.25, 0.3) is 10.1 Å². The van der Waals surface area contributed by atoms with Crippen LogP contribution >= 0.6 is 11.3 Å². The second-order valence-electron chi connectivity index (χ2n) is 6.91. The Balaban J connectivity index is 1.50. The van der Waals surface area contributed by atoms with Crippen LogP contribution in [0.2, 0.25) is 0 Å². The van der Waals surface area contributed by atoms with Crippen LogP contribution in [0, 0.1) is 11.8 Å². The number of hydrogen-bond acceptors (Lipinski definition) is 3. The molecule has 2 bridgehead atoms. The molecule has 0 N–H and O–H groups in total. The van der Waals surface area contributed by atoms with Gasteiger partial charge < -0.3 is 4.74 Å². The molecule has 0 amide bonds. The minimum atomic E-state index is 0.671. The topological polar surface area (TPSA) is 12.5 Å². The van der Waals surface area contributed by atoms with Crippen molar-refractivity contribution in [3.8, 4) is 5.75 Å². The van der Waals surface area contributed by atoms with E-state index in [-0.39, 0.29) is 0 Å². The second-order valence-corrected chi connectivity index (χ2v) is 7.82. The van der Waals surface area contributed by atoms with Gasteiger partial charge in [0.25, 0.3) is 0 Å². The number of thiophene rings is 1. The average Bonchev–Trinajstić information content (AvgIpc) is 3.02. The van der Waals surface area contributed by atoms with Crippen molar-refractivity contribution in [3.05, 3.63) is 41.3 Å². The Kier molecular flexibility index (Phi) is 4.16. The van der Waals surface area contributed by atoms with Crippen molar-refractivity contribution in [2.45, 2.75) is 32.2 Å². The molecule has 2 aromatic rings. The number of rotatable bonds is 5. The SMILES string of the molecule is CCC1CC2C=CC1N(CCc1csc3ccc(OC)cc13)C2. The zero-order valence-electron chi connectivity index (χ0n) is 14.0. The maximum atomic E-state index is 5.40. The summed E-state index contributed by atoms with van der Waals surface area (Å²) in [5.41, 5.74) is 1.47. The Morgan fingerprint density at radius 2 is 2.22 bits per heavy atom. The van der Waals surface area contributed by atoms with Crippen molar-refractivity contribution in [1.82, 2.24) is 4.90 Å². The first-order valence-corrected chi connectivity index (χ1v) is 9.63. The van der Waals surface area contributed by atoms with Crippen molar-refractivity contribution in [3.63, 3.8) is 0 Å². The fourth-order valence-corrected chi connectivity index (χ4v) is 5.28. The predicted molar refractivity (Wildman–Crippen MR) is 98.5 cm³/mol. The maximum absolute atomic E-state index is 5.40. The fourth-order valence-electron chi connectivity index (χ4n) is 4.31. The zero-order chi connectivity index (χ0) is 15.8. The third-order valence-electron chi connectivity index (χ3n) is 5.61. The van der Waals surface area contributed by atoms with Crippen LogP contribution in [-0.2, 0) is 6.42 Å². The lowest BCUT2D eigenvalue weighted by molar-refractivity contribution is 0.0826. The van der Waals surface area contributed by atoms with Crippen molar-refractivity contribution >= 4 is 21.4 Å². The highest BCUT2D eigenvalue weighted by atomic mass is 32.1. The highest BCUT2D eigenvalue weighted by Crippen LogP contribution is 2.36. The van der Waals surface area contributed by atoms with Gasteiger partial charge in [0.15, 0.2) is 0 Å². The van der Waals surface area contributed by atoms with Gasteiger partial charge in [-0.15, -0.1) is 11.3 Å². The average molecular weight is 327 g/mol. The van der Waals surface area contributed by atoms with Crippen molar-refractivity contribution in [2.75, 3.05) is 20.2 Å². The minimum Gasteiger partial charge on any atom is -0.497 e. The first-order chi connectivity index (χ1) is 11.3. The summed E-state index contributed by atoms with van der Waals surface area (Å²) < 4.78 is 6.76. The zero-order valence-corrected chi connectivity index (χ0v) is 14.8. The number of benzene rings is 1. The highest BCUT2D eigenvalue weighted by Gasteiger charge is 2.35. The van der Waals surface area contributed by atoms with E-state index < -0.39 is 0 Å². The van der Waals surface area contributed by atoms with E-state index in [9.17, 15) is 0 Å². The number of nitrogens with zero attached hydrogens (tertiary/aromatic N) is 1. The number of fused-ring (bicyclic) bond motifs is 3. The molecule has 1 fully saturated rings. The first-order valence-electron chi connectivity index (χ1n) is 8.75. The Morgan fingerprint density at radius 3 is 3.00 bits per heavy atom. The van der Waals surface area contributed by atoms with E-state index in [0.29, 0.717) is 6.04 Å². The van der Waals surface area contributed by atoms with Gasteiger partial charge in [0.05, 0.1) is 7.11 Å². The molecule has 1 aromatic carbocycles. The van der Waals surface area contributed by atoms with Gasteiger partial charge >= 0.3 is 0 Å². The van der Waals surface area contributed by atoms with Gasteiger partial charge in [-0.2, -0.15) is 0 Å². The lowest BCUT2D eigenvalue weighted by Gasteiger charge is -2.46. The molecule has 3 unspecified atom stereocenters. The standard InChI is InChI=1S/C20H25NOS/c1-3-15-10-14-4-6-19(15)21(12-14)9-8-16-13-23-20-7-5-17(22-2)11-18(16)20/h4-7,11,13-15,19H,3,8-10,12H2,1-2H3. The molecule has 0 radical (unpaired) electrons. The molecule has 1 aliphatic carbocycles. The Labute approximate surface area is 142 Å². The van der Waals surface area contributed by atoms with E-state index in [2.05, 4.69) is 47.6 Å². The lowest BCUT2D eigenvalue weighted by atomic mass is 9.76. The fraction of sp³-hybridized carbons (Fsp3) is 0.500. The van der Waals surface area contributed by atoms with Gasteiger partial charge in [0.2, 0.25) is 0 Å². The summed E-state index contributed by atoms with van der Waals surface area (Å²) in [5, 5.41) is 3.71. The van der Waals surface area contributed by atoms with Gasteiger partial charge in [-0.1, -0.05) is 25.5 Å². The van der Waals surface area contributed by atoms with Crippen molar-refractivity contribution in [2.24, 2.45) is 11.8 Å². The predicted octanol–water partition coefficient (Wildman–Crippen LogP) is 4.74. The molecule has 0 spiro atoms. The maximum Gasteiger partial charge on any atom is 0.119 e. The summed E-state index contributed by atoms with van der Waals surface area (Å²) in [6, 6.07) is 7.10. The second kappa shape index (κ2) is 6.29. The van der Waals surface area contributed by atoms with Gasteiger partial charge in [-0.05, 0) is 59.2 Å². The summed E-state index contributed by atoms with van der Waals surface area (Å²) in [5.74, 6) is 2.60. The molecular formula is C20H25NOS. The highest BCUT2D eigenvalue weighted by molar-refractivity contribution is 7.17. The van der Waals surface area contributed by atoms with Gasteiger partial charge in [0.1, 0.15) is 5.75 Å². The van der Waals surface area contributed by atoms with Crippen LogP contribution in [0.3, 0.4) is 0 Å². The lowest BCUT2D eigenvalue weighted by Crippen LogP contribution is -2.50. The molecule has 1 aromatic heterocycles. The van der Waals surface area contributed by atoms with Crippen LogP contribution in [0.15, 0.2) is 35.7 Å². The van der Waals surface area contributed by atoms with E-state index in [1.165, 1.54) is 41.6 Å². The molecule has 0 saturated carbocycles. The molecule has 2 aliphatic heterocycles. The summed E-state index contributed by atoms with van der Waals surface area (Å²) in [6.45, 7) is 4.77. The Bertz CT molecular complexity index is 720. The third-order valence-corrected chi connectivity index (χ3v) is 6.63. The summed E-state index contributed by atoms with van der Waals surface area (Å²) in [6.07, 6.45) is 8.77. The first kappa shape index (κ1) is 15.2. The van der Waals surface area contributed by atoms with Crippen molar-refractivity contribution < 1.29 is 4.74 Å². The van der Waals surface area contributed by atoms with Crippen LogP contribution in [-0.4, -0.2) is 31.1 Å².